The van der Waals surface area contributed by atoms with E-state index in [4.69, 9.17) is 0 Å². The minimum absolute atomic E-state index is 0.117. The van der Waals surface area contributed by atoms with Crippen LogP contribution in [0.2, 0.25) is 0 Å². The molecule has 26 heavy (non-hydrogen) atoms. The van der Waals surface area contributed by atoms with Gasteiger partial charge in [0.1, 0.15) is 0 Å². The Hall–Kier alpha value is -1.69. The number of amides is 2. The van der Waals surface area contributed by atoms with Crippen molar-refractivity contribution in [2.75, 3.05) is 19.6 Å². The molecule has 146 valence electrons. The summed E-state index contributed by atoms with van der Waals surface area (Å²) in [5, 5.41) is 6.44. The molecule has 1 atom stereocenters. The normalized spacial score (nSPS) is 16.3. The molecule has 1 unspecified atom stereocenters. The number of halogens is 2. The van der Waals surface area contributed by atoms with Gasteiger partial charge < -0.3 is 15.5 Å². The minimum Gasteiger partial charge on any atom is -0.335 e. The molecule has 0 saturated carbocycles. The second-order valence-electron chi connectivity index (χ2n) is 7.17. The molecule has 1 aliphatic rings. The van der Waals surface area contributed by atoms with Gasteiger partial charge in [0.05, 0.1) is 0 Å². The molecule has 1 aliphatic heterocycles. The predicted octanol–water partition coefficient (Wildman–Crippen LogP) is 4.05. The number of benzene rings is 1. The van der Waals surface area contributed by atoms with E-state index in [1.807, 2.05) is 0 Å². The number of carbonyl (C=O) groups excluding carboxylic acids is 1. The van der Waals surface area contributed by atoms with Crippen LogP contribution in [0.4, 0.5) is 13.6 Å². The number of carbonyl (C=O) groups is 1. The smallest absolute Gasteiger partial charge is 0.317 e. The maximum absolute atomic E-state index is 13.6. The second kappa shape index (κ2) is 10.5. The number of urea groups is 1. The average molecular weight is 367 g/mol. The summed E-state index contributed by atoms with van der Waals surface area (Å²) >= 11 is 0. The highest BCUT2D eigenvalue weighted by molar-refractivity contribution is 5.74. The van der Waals surface area contributed by atoms with E-state index >= 15 is 0 Å². The number of piperidine rings is 1. The van der Waals surface area contributed by atoms with Crippen LogP contribution >= 0.6 is 0 Å². The van der Waals surface area contributed by atoms with E-state index in [1.54, 1.807) is 11.0 Å². The van der Waals surface area contributed by atoms with E-state index in [9.17, 15) is 13.6 Å². The fourth-order valence-electron chi connectivity index (χ4n) is 3.45. The Morgan fingerprint density at radius 1 is 1.27 bits per heavy atom. The Kier molecular flexibility index (Phi) is 8.29. The SMILES string of the molecule is CCCC(CC)NC(=O)N(Cc1ccc(F)c(F)c1)CC1CCNCC1. The van der Waals surface area contributed by atoms with Gasteiger partial charge in [-0.3, -0.25) is 0 Å². The van der Waals surface area contributed by atoms with E-state index in [-0.39, 0.29) is 18.6 Å². The van der Waals surface area contributed by atoms with Crippen LogP contribution in [0.3, 0.4) is 0 Å². The lowest BCUT2D eigenvalue weighted by Crippen LogP contribution is -2.47. The molecule has 2 rings (SSSR count). The monoisotopic (exact) mass is 367 g/mol. The van der Waals surface area contributed by atoms with Gasteiger partial charge in [-0.25, -0.2) is 13.6 Å². The molecule has 0 aliphatic carbocycles. The van der Waals surface area contributed by atoms with Crippen LogP contribution in [0.25, 0.3) is 0 Å². The first-order valence-corrected chi connectivity index (χ1v) is 9.73. The first kappa shape index (κ1) is 20.6. The van der Waals surface area contributed by atoms with Crippen LogP contribution in [0.1, 0.15) is 51.5 Å². The molecule has 0 spiro atoms. The van der Waals surface area contributed by atoms with Gasteiger partial charge in [0, 0.05) is 19.1 Å². The summed E-state index contributed by atoms with van der Waals surface area (Å²) in [5.74, 6) is -1.31. The van der Waals surface area contributed by atoms with Gasteiger partial charge in [0.15, 0.2) is 11.6 Å². The number of nitrogens with one attached hydrogen (secondary N) is 2. The largest absolute Gasteiger partial charge is 0.335 e. The zero-order valence-electron chi connectivity index (χ0n) is 15.9. The number of rotatable bonds is 8. The summed E-state index contributed by atoms with van der Waals surface area (Å²) in [5.41, 5.74) is 0.608. The Morgan fingerprint density at radius 3 is 2.62 bits per heavy atom. The van der Waals surface area contributed by atoms with E-state index in [0.717, 1.165) is 51.3 Å². The van der Waals surface area contributed by atoms with Crippen molar-refractivity contribution in [1.29, 1.82) is 0 Å². The average Bonchev–Trinajstić information content (AvgIpc) is 2.64. The molecule has 1 aromatic rings. The summed E-state index contributed by atoms with van der Waals surface area (Å²) in [7, 11) is 0. The summed E-state index contributed by atoms with van der Waals surface area (Å²) in [6, 6.07) is 3.88. The van der Waals surface area contributed by atoms with Gasteiger partial charge in [0.2, 0.25) is 0 Å². The van der Waals surface area contributed by atoms with Gasteiger partial charge in [-0.2, -0.15) is 0 Å². The van der Waals surface area contributed by atoms with Gasteiger partial charge in [-0.1, -0.05) is 26.3 Å². The van der Waals surface area contributed by atoms with Crippen LogP contribution in [-0.2, 0) is 6.54 Å². The van der Waals surface area contributed by atoms with Gasteiger partial charge in [-0.15, -0.1) is 0 Å². The molecular formula is C20H31F2N3O. The van der Waals surface area contributed by atoms with Crippen LogP contribution in [0.5, 0.6) is 0 Å². The summed E-state index contributed by atoms with van der Waals surface area (Å²) in [4.78, 5) is 14.6. The van der Waals surface area contributed by atoms with E-state index < -0.39 is 11.6 Å². The van der Waals surface area contributed by atoms with Crippen molar-refractivity contribution in [2.24, 2.45) is 5.92 Å². The first-order valence-electron chi connectivity index (χ1n) is 9.73. The zero-order valence-corrected chi connectivity index (χ0v) is 15.9. The molecule has 1 heterocycles. The highest BCUT2D eigenvalue weighted by Gasteiger charge is 2.23. The lowest BCUT2D eigenvalue weighted by molar-refractivity contribution is 0.172. The van der Waals surface area contributed by atoms with Crippen molar-refractivity contribution < 1.29 is 13.6 Å². The molecule has 2 amide bonds. The van der Waals surface area contributed by atoms with Crippen molar-refractivity contribution in [1.82, 2.24) is 15.5 Å². The highest BCUT2D eigenvalue weighted by atomic mass is 19.2. The summed E-state index contributed by atoms with van der Waals surface area (Å²) in [6.45, 7) is 7.00. The molecule has 1 aromatic carbocycles. The topological polar surface area (TPSA) is 44.4 Å². The summed E-state index contributed by atoms with van der Waals surface area (Å²) in [6.07, 6.45) is 4.87. The Balaban J connectivity index is 2.08. The van der Waals surface area contributed by atoms with Crippen molar-refractivity contribution >= 4 is 6.03 Å². The minimum atomic E-state index is -0.873. The molecule has 2 N–H and O–H groups in total. The number of hydrogen-bond acceptors (Lipinski definition) is 2. The van der Waals surface area contributed by atoms with Crippen LogP contribution in [0, 0.1) is 17.6 Å². The third kappa shape index (κ3) is 6.24. The quantitative estimate of drug-likeness (QED) is 0.728. The Morgan fingerprint density at radius 2 is 2.00 bits per heavy atom. The maximum Gasteiger partial charge on any atom is 0.317 e. The van der Waals surface area contributed by atoms with E-state index in [2.05, 4.69) is 24.5 Å². The zero-order chi connectivity index (χ0) is 18.9. The molecule has 0 aromatic heterocycles. The molecule has 0 radical (unpaired) electrons. The highest BCUT2D eigenvalue weighted by Crippen LogP contribution is 2.17. The van der Waals surface area contributed by atoms with Crippen molar-refractivity contribution in [3.05, 3.63) is 35.4 Å². The van der Waals surface area contributed by atoms with Crippen LogP contribution < -0.4 is 10.6 Å². The maximum atomic E-state index is 13.6. The summed E-state index contributed by atoms with van der Waals surface area (Å²) < 4.78 is 26.7. The molecule has 6 heteroatoms. The molecule has 1 fully saturated rings. The van der Waals surface area contributed by atoms with Crippen molar-refractivity contribution in [3.8, 4) is 0 Å². The van der Waals surface area contributed by atoms with Crippen molar-refractivity contribution in [3.63, 3.8) is 0 Å². The predicted molar refractivity (Wildman–Crippen MR) is 99.9 cm³/mol. The fourth-order valence-corrected chi connectivity index (χ4v) is 3.45. The Bertz CT molecular complexity index is 576. The van der Waals surface area contributed by atoms with Gasteiger partial charge >= 0.3 is 6.03 Å². The number of nitrogens with zero attached hydrogens (tertiary/aromatic N) is 1. The Labute approximate surface area is 155 Å². The lowest BCUT2D eigenvalue weighted by atomic mass is 9.97. The van der Waals surface area contributed by atoms with Crippen LogP contribution in [-0.4, -0.2) is 36.6 Å². The third-order valence-corrected chi connectivity index (χ3v) is 5.04. The first-order chi connectivity index (χ1) is 12.5. The van der Waals surface area contributed by atoms with E-state index in [1.165, 1.54) is 6.07 Å². The van der Waals surface area contributed by atoms with Crippen LogP contribution in [0.15, 0.2) is 18.2 Å². The van der Waals surface area contributed by atoms with Gasteiger partial charge in [0.25, 0.3) is 0 Å². The van der Waals surface area contributed by atoms with E-state index in [0.29, 0.717) is 18.0 Å². The number of hydrogen-bond donors (Lipinski definition) is 2. The fraction of sp³-hybridized carbons (Fsp3) is 0.650. The van der Waals surface area contributed by atoms with Gasteiger partial charge in [-0.05, 0) is 62.4 Å². The standard InChI is InChI=1S/C20H31F2N3O/c1-3-5-17(4-2)24-20(26)25(13-15-8-10-23-11-9-15)14-16-6-7-18(21)19(22)12-16/h6-7,12,15,17,23H,3-5,8-11,13-14H2,1-2H3,(H,24,26). The molecule has 4 nitrogen and oxygen atoms in total. The van der Waals surface area contributed by atoms with Crippen molar-refractivity contribution in [2.45, 2.75) is 58.5 Å². The third-order valence-electron chi connectivity index (χ3n) is 5.04. The second-order valence-corrected chi connectivity index (χ2v) is 7.17. The lowest BCUT2D eigenvalue weighted by Gasteiger charge is -2.31. The molecular weight excluding hydrogens is 336 g/mol. The molecule has 0 bridgehead atoms. The molecule has 1 saturated heterocycles.